The average molecular weight is 527 g/mol. The third kappa shape index (κ3) is 5.00. The van der Waals surface area contributed by atoms with Gasteiger partial charge in [-0.2, -0.15) is 4.80 Å². The van der Waals surface area contributed by atoms with Crippen LogP contribution in [0.1, 0.15) is 28.6 Å². The molecule has 5 rings (SSSR count). The predicted octanol–water partition coefficient (Wildman–Crippen LogP) is 5.59. The lowest BCUT2D eigenvalue weighted by Gasteiger charge is -2.10. The van der Waals surface area contributed by atoms with Crippen molar-refractivity contribution in [2.75, 3.05) is 5.32 Å². The molecule has 0 unspecified atom stereocenters. The average Bonchev–Trinajstić information content (AvgIpc) is 3.56. The summed E-state index contributed by atoms with van der Waals surface area (Å²) in [5.41, 5.74) is 5.15. The second kappa shape index (κ2) is 10.2. The minimum atomic E-state index is -0.590. The Labute approximate surface area is 222 Å². The molecular weight excluding hydrogens is 504 g/mol. The van der Waals surface area contributed by atoms with Gasteiger partial charge in [-0.15, -0.1) is 10.2 Å². The smallest absolute Gasteiger partial charge is 0.293 e. The van der Waals surface area contributed by atoms with Crippen molar-refractivity contribution in [1.29, 1.82) is 0 Å². The molecule has 0 fully saturated rings. The molecule has 0 aliphatic carbocycles. The second-order valence-electron chi connectivity index (χ2n) is 8.51. The summed E-state index contributed by atoms with van der Waals surface area (Å²) in [5, 5.41) is 26.1. The zero-order valence-corrected chi connectivity index (χ0v) is 21.3. The highest BCUT2D eigenvalue weighted by molar-refractivity contribution is 7.80. The normalized spacial score (nSPS) is 10.9. The van der Waals surface area contributed by atoms with E-state index in [0.29, 0.717) is 11.2 Å². The fourth-order valence-electron chi connectivity index (χ4n) is 3.95. The van der Waals surface area contributed by atoms with Gasteiger partial charge in [-0.1, -0.05) is 31.2 Å². The van der Waals surface area contributed by atoms with Gasteiger partial charge in [0.1, 0.15) is 16.8 Å². The monoisotopic (exact) mass is 526 g/mol. The van der Waals surface area contributed by atoms with Crippen LogP contribution < -0.4 is 10.6 Å². The molecule has 3 aromatic carbocycles. The Morgan fingerprint density at radius 1 is 1.05 bits per heavy atom. The van der Waals surface area contributed by atoms with Gasteiger partial charge in [0.15, 0.2) is 10.9 Å². The summed E-state index contributed by atoms with van der Waals surface area (Å²) in [5.74, 6) is -0.422. The Kier molecular flexibility index (Phi) is 6.67. The van der Waals surface area contributed by atoms with Crippen molar-refractivity contribution in [2.45, 2.75) is 20.3 Å². The standard InChI is InChI=1S/C27H22N6O4S/c1-3-17-8-10-18(11-9-17)32-30-21-14-16(2)20(15-22(21)31-32)28-27(38)29-26(34)25-13-12-24(37-25)19-6-4-5-7-23(19)33(35)36/h4-15H,3H2,1-2H3,(H2,28,29,34,38). The van der Waals surface area contributed by atoms with Gasteiger partial charge in [-0.25, -0.2) is 0 Å². The minimum Gasteiger partial charge on any atom is -0.451 e. The Hall–Kier alpha value is -4.90. The lowest BCUT2D eigenvalue weighted by Crippen LogP contribution is -2.34. The third-order valence-corrected chi connectivity index (χ3v) is 6.18. The number of rotatable bonds is 6. The van der Waals surface area contributed by atoms with Crippen molar-refractivity contribution in [1.82, 2.24) is 20.3 Å². The molecule has 0 spiro atoms. The molecule has 0 aliphatic heterocycles. The molecule has 0 bridgehead atoms. The van der Waals surface area contributed by atoms with Gasteiger partial charge in [0, 0.05) is 11.8 Å². The number of carbonyl (C=O) groups is 1. The Balaban J connectivity index is 1.30. The zero-order valence-electron chi connectivity index (χ0n) is 20.5. The number of nitro benzene ring substituents is 1. The number of hydrogen-bond acceptors (Lipinski definition) is 7. The summed E-state index contributed by atoms with van der Waals surface area (Å²) in [7, 11) is 0. The summed E-state index contributed by atoms with van der Waals surface area (Å²) < 4.78 is 5.59. The van der Waals surface area contributed by atoms with Crippen LogP contribution in [0.25, 0.3) is 28.0 Å². The second-order valence-corrected chi connectivity index (χ2v) is 8.92. The number of benzene rings is 3. The molecule has 10 nitrogen and oxygen atoms in total. The first-order valence-corrected chi connectivity index (χ1v) is 12.2. The lowest BCUT2D eigenvalue weighted by atomic mass is 10.1. The minimum absolute atomic E-state index is 0.0356. The van der Waals surface area contributed by atoms with Gasteiger partial charge in [0.2, 0.25) is 0 Å². The van der Waals surface area contributed by atoms with Crippen LogP contribution in [-0.4, -0.2) is 30.9 Å². The number of amides is 1. The number of thiocarbonyl (C=S) groups is 1. The molecule has 1 amide bonds. The van der Waals surface area contributed by atoms with Gasteiger partial charge >= 0.3 is 0 Å². The van der Waals surface area contributed by atoms with Crippen LogP contribution >= 0.6 is 12.2 Å². The van der Waals surface area contributed by atoms with Gasteiger partial charge in [0.25, 0.3) is 11.6 Å². The van der Waals surface area contributed by atoms with E-state index in [4.69, 9.17) is 16.6 Å². The van der Waals surface area contributed by atoms with Crippen LogP contribution in [0.4, 0.5) is 11.4 Å². The molecule has 0 saturated carbocycles. The van der Waals surface area contributed by atoms with E-state index in [0.717, 1.165) is 23.2 Å². The molecule has 38 heavy (non-hydrogen) atoms. The number of nitrogens with one attached hydrogen (secondary N) is 2. The predicted molar refractivity (Wildman–Crippen MR) is 147 cm³/mol. The van der Waals surface area contributed by atoms with Gasteiger partial charge in [-0.3, -0.25) is 20.2 Å². The SMILES string of the molecule is CCc1ccc(-n2nc3cc(C)c(NC(=S)NC(=O)c4ccc(-c5ccccc5[N+](=O)[O-])o4)cc3n2)cc1. The zero-order chi connectivity index (χ0) is 26.8. The van der Waals surface area contributed by atoms with E-state index in [9.17, 15) is 14.9 Å². The van der Waals surface area contributed by atoms with Gasteiger partial charge < -0.3 is 9.73 Å². The molecule has 0 radical (unpaired) electrons. The van der Waals surface area contributed by atoms with E-state index in [1.54, 1.807) is 23.0 Å². The van der Waals surface area contributed by atoms with Crippen molar-refractivity contribution in [3.05, 3.63) is 99.8 Å². The number of para-hydroxylation sites is 1. The van der Waals surface area contributed by atoms with Crippen LogP contribution in [-0.2, 0) is 6.42 Å². The fourth-order valence-corrected chi connectivity index (χ4v) is 4.15. The van der Waals surface area contributed by atoms with E-state index in [1.165, 1.54) is 23.8 Å². The van der Waals surface area contributed by atoms with Crippen LogP contribution in [0.15, 0.2) is 77.2 Å². The number of nitrogens with zero attached hydrogens (tertiary/aromatic N) is 4. The van der Waals surface area contributed by atoms with Crippen LogP contribution in [0.2, 0.25) is 0 Å². The van der Waals surface area contributed by atoms with Crippen LogP contribution in [0.5, 0.6) is 0 Å². The Morgan fingerprint density at radius 3 is 2.47 bits per heavy atom. The highest BCUT2D eigenvalue weighted by Gasteiger charge is 2.20. The number of furan rings is 1. The first-order valence-electron chi connectivity index (χ1n) is 11.8. The Morgan fingerprint density at radius 2 is 1.76 bits per heavy atom. The summed E-state index contributed by atoms with van der Waals surface area (Å²) in [4.78, 5) is 25.1. The van der Waals surface area contributed by atoms with Crippen molar-refractivity contribution in [3.63, 3.8) is 0 Å². The summed E-state index contributed by atoms with van der Waals surface area (Å²) in [6, 6.07) is 20.8. The van der Waals surface area contributed by atoms with Gasteiger partial charge in [-0.05, 0) is 79.2 Å². The van der Waals surface area contributed by atoms with E-state index >= 15 is 0 Å². The number of anilines is 1. The fraction of sp³-hybridized carbons (Fsp3) is 0.111. The van der Waals surface area contributed by atoms with Crippen LogP contribution in [0, 0.1) is 17.0 Å². The molecule has 11 heteroatoms. The van der Waals surface area contributed by atoms with E-state index < -0.39 is 10.8 Å². The summed E-state index contributed by atoms with van der Waals surface area (Å²) >= 11 is 5.34. The number of aromatic nitrogens is 3. The molecular formula is C27H22N6O4S. The number of fused-ring (bicyclic) bond motifs is 1. The van der Waals surface area contributed by atoms with E-state index in [2.05, 4.69) is 27.8 Å². The number of hydrogen-bond donors (Lipinski definition) is 2. The van der Waals surface area contributed by atoms with Crippen molar-refractivity contribution >= 4 is 45.6 Å². The summed E-state index contributed by atoms with van der Waals surface area (Å²) in [6.45, 7) is 4.00. The number of aryl methyl sites for hydroxylation is 2. The maximum absolute atomic E-state index is 12.7. The maximum Gasteiger partial charge on any atom is 0.293 e. The maximum atomic E-state index is 12.7. The van der Waals surface area contributed by atoms with E-state index in [-0.39, 0.29) is 27.9 Å². The summed E-state index contributed by atoms with van der Waals surface area (Å²) in [6.07, 6.45) is 0.954. The molecule has 2 heterocycles. The first-order chi connectivity index (χ1) is 18.3. The molecule has 2 aromatic heterocycles. The molecule has 5 aromatic rings. The highest BCUT2D eigenvalue weighted by atomic mass is 32.1. The molecule has 190 valence electrons. The Bertz CT molecular complexity index is 1690. The molecule has 2 N–H and O–H groups in total. The molecule has 0 saturated heterocycles. The number of nitro groups is 1. The quantitative estimate of drug-likeness (QED) is 0.167. The largest absolute Gasteiger partial charge is 0.451 e. The number of carbonyl (C=O) groups excluding carboxylic acids is 1. The molecule has 0 atom stereocenters. The van der Waals surface area contributed by atoms with Crippen molar-refractivity contribution in [2.24, 2.45) is 0 Å². The van der Waals surface area contributed by atoms with Gasteiger partial charge in [0.05, 0.1) is 16.2 Å². The lowest BCUT2D eigenvalue weighted by molar-refractivity contribution is -0.384. The molecule has 0 aliphatic rings. The van der Waals surface area contributed by atoms with Crippen molar-refractivity contribution < 1.29 is 14.1 Å². The highest BCUT2D eigenvalue weighted by Crippen LogP contribution is 2.31. The van der Waals surface area contributed by atoms with Crippen molar-refractivity contribution in [3.8, 4) is 17.0 Å². The first kappa shape index (κ1) is 24.8. The van der Waals surface area contributed by atoms with E-state index in [1.807, 2.05) is 43.3 Å². The topological polar surface area (TPSA) is 128 Å². The third-order valence-electron chi connectivity index (χ3n) is 5.97. The van der Waals surface area contributed by atoms with Crippen LogP contribution in [0.3, 0.4) is 0 Å².